The molecule has 0 unspecified atom stereocenters. The molecule has 0 aromatic carbocycles. The molecule has 0 saturated carbocycles. The summed E-state index contributed by atoms with van der Waals surface area (Å²) in [5.74, 6) is 1.17. The molecule has 8 nitrogen and oxygen atoms in total. The predicted molar refractivity (Wildman–Crippen MR) is 98.7 cm³/mol. The van der Waals surface area contributed by atoms with Crippen LogP contribution in [0.2, 0.25) is 0 Å². The van der Waals surface area contributed by atoms with Crippen LogP contribution in [0.25, 0.3) is 11.5 Å². The molecule has 0 N–H and O–H groups in total. The van der Waals surface area contributed by atoms with Crippen LogP contribution in [0, 0.1) is 12.8 Å². The van der Waals surface area contributed by atoms with E-state index >= 15 is 0 Å². The molecule has 1 amide bonds. The van der Waals surface area contributed by atoms with Crippen molar-refractivity contribution in [3.05, 3.63) is 54.3 Å². The van der Waals surface area contributed by atoms with Crippen LogP contribution in [0.4, 0.5) is 0 Å². The topological polar surface area (TPSA) is 89.7 Å². The molecule has 0 radical (unpaired) electrons. The van der Waals surface area contributed by atoms with Crippen LogP contribution < -0.4 is 0 Å². The highest BCUT2D eigenvalue weighted by molar-refractivity contribution is 5.95. The van der Waals surface area contributed by atoms with Crippen LogP contribution in [-0.4, -0.2) is 53.4 Å². The van der Waals surface area contributed by atoms with Crippen molar-refractivity contribution in [2.24, 2.45) is 13.0 Å². The minimum Gasteiger partial charge on any atom is -0.338 e. The van der Waals surface area contributed by atoms with E-state index in [0.29, 0.717) is 23.7 Å². The molecule has 0 spiro atoms. The molecule has 4 heterocycles. The van der Waals surface area contributed by atoms with Crippen LogP contribution in [0.5, 0.6) is 0 Å². The molecular formula is C19H21N7O. The highest BCUT2D eigenvalue weighted by Gasteiger charge is 2.28. The summed E-state index contributed by atoms with van der Waals surface area (Å²) in [5.41, 5.74) is 2.99. The number of nitrogens with zero attached hydrogens (tertiary/aromatic N) is 7. The molecule has 3 aromatic rings. The maximum atomic E-state index is 12.7. The standard InChI is InChI=1S/C19H21N7O/c1-13-16(9-21-12-23-13)19(27)26-5-3-14(11-26)7-15-8-20-10-17(24-15)18-22-4-6-25(18)2/h4,6,8-10,12,14H,3,5,7,11H2,1-2H3/t14-/m0/s1. The van der Waals surface area contributed by atoms with Gasteiger partial charge in [-0.25, -0.2) is 19.9 Å². The molecule has 138 valence electrons. The Kier molecular flexibility index (Phi) is 4.62. The van der Waals surface area contributed by atoms with Crippen molar-refractivity contribution in [1.29, 1.82) is 0 Å². The van der Waals surface area contributed by atoms with E-state index in [1.807, 2.05) is 29.6 Å². The van der Waals surface area contributed by atoms with Gasteiger partial charge in [0.1, 0.15) is 12.0 Å². The number of hydrogen-bond donors (Lipinski definition) is 0. The number of carbonyl (C=O) groups is 1. The minimum atomic E-state index is 0.00319. The van der Waals surface area contributed by atoms with Gasteiger partial charge in [-0.3, -0.25) is 9.78 Å². The summed E-state index contributed by atoms with van der Waals surface area (Å²) in [7, 11) is 1.94. The van der Waals surface area contributed by atoms with E-state index in [-0.39, 0.29) is 5.91 Å². The molecule has 1 fully saturated rings. The van der Waals surface area contributed by atoms with E-state index in [9.17, 15) is 4.79 Å². The first-order valence-corrected chi connectivity index (χ1v) is 8.96. The van der Waals surface area contributed by atoms with Crippen LogP contribution >= 0.6 is 0 Å². The molecule has 1 atom stereocenters. The molecule has 3 aromatic heterocycles. The average molecular weight is 363 g/mol. The van der Waals surface area contributed by atoms with E-state index in [0.717, 1.165) is 36.6 Å². The summed E-state index contributed by atoms with van der Waals surface area (Å²) in [6.45, 7) is 3.28. The van der Waals surface area contributed by atoms with Gasteiger partial charge in [0.15, 0.2) is 5.82 Å². The third kappa shape index (κ3) is 3.55. The molecule has 0 aliphatic carbocycles. The van der Waals surface area contributed by atoms with Gasteiger partial charge in [-0.1, -0.05) is 0 Å². The third-order valence-corrected chi connectivity index (χ3v) is 4.95. The molecule has 1 aliphatic heterocycles. The Morgan fingerprint density at radius 1 is 1.22 bits per heavy atom. The van der Waals surface area contributed by atoms with Crippen molar-refractivity contribution in [2.75, 3.05) is 13.1 Å². The zero-order valence-electron chi connectivity index (χ0n) is 15.4. The molecule has 1 saturated heterocycles. The molecule has 4 rings (SSSR count). The van der Waals surface area contributed by atoms with Gasteiger partial charge in [-0.2, -0.15) is 0 Å². The summed E-state index contributed by atoms with van der Waals surface area (Å²) < 4.78 is 1.92. The van der Waals surface area contributed by atoms with Gasteiger partial charge in [0.2, 0.25) is 0 Å². The summed E-state index contributed by atoms with van der Waals surface area (Å²) in [5, 5.41) is 0. The number of likely N-dealkylation sites (tertiary alicyclic amines) is 1. The number of carbonyl (C=O) groups excluding carboxylic acids is 1. The minimum absolute atomic E-state index is 0.00319. The lowest BCUT2D eigenvalue weighted by atomic mass is 10.0. The van der Waals surface area contributed by atoms with Gasteiger partial charge in [0, 0.05) is 44.9 Å². The van der Waals surface area contributed by atoms with Crippen LogP contribution in [0.3, 0.4) is 0 Å². The first kappa shape index (κ1) is 17.3. The van der Waals surface area contributed by atoms with Crippen molar-refractivity contribution < 1.29 is 4.79 Å². The molecular weight excluding hydrogens is 342 g/mol. The van der Waals surface area contributed by atoms with E-state index < -0.39 is 0 Å². The van der Waals surface area contributed by atoms with Gasteiger partial charge in [0.05, 0.1) is 23.1 Å². The Morgan fingerprint density at radius 3 is 2.89 bits per heavy atom. The first-order chi connectivity index (χ1) is 13.1. The lowest BCUT2D eigenvalue weighted by Gasteiger charge is -2.17. The second kappa shape index (κ2) is 7.22. The summed E-state index contributed by atoms with van der Waals surface area (Å²) in [6.07, 6.45) is 12.0. The fourth-order valence-electron chi connectivity index (χ4n) is 3.48. The normalized spacial score (nSPS) is 16.7. The van der Waals surface area contributed by atoms with Crippen molar-refractivity contribution in [1.82, 2.24) is 34.4 Å². The molecule has 0 bridgehead atoms. The van der Waals surface area contributed by atoms with E-state index in [4.69, 9.17) is 4.98 Å². The number of hydrogen-bond acceptors (Lipinski definition) is 6. The number of imidazole rings is 1. The van der Waals surface area contributed by atoms with Gasteiger partial charge in [-0.15, -0.1) is 0 Å². The monoisotopic (exact) mass is 363 g/mol. The Hall–Kier alpha value is -3.16. The number of amides is 1. The average Bonchev–Trinajstić information content (AvgIpc) is 3.31. The summed E-state index contributed by atoms with van der Waals surface area (Å²) in [4.78, 5) is 36.1. The van der Waals surface area contributed by atoms with Crippen molar-refractivity contribution in [3.8, 4) is 11.5 Å². The first-order valence-electron chi connectivity index (χ1n) is 8.96. The highest BCUT2D eigenvalue weighted by Crippen LogP contribution is 2.23. The Morgan fingerprint density at radius 2 is 2.11 bits per heavy atom. The Labute approximate surface area is 157 Å². The highest BCUT2D eigenvalue weighted by atomic mass is 16.2. The quantitative estimate of drug-likeness (QED) is 0.701. The van der Waals surface area contributed by atoms with Gasteiger partial charge in [-0.05, 0) is 25.7 Å². The van der Waals surface area contributed by atoms with Crippen LogP contribution in [0.15, 0.2) is 37.3 Å². The van der Waals surface area contributed by atoms with Crippen molar-refractivity contribution in [3.63, 3.8) is 0 Å². The van der Waals surface area contributed by atoms with E-state index in [1.165, 1.54) is 6.33 Å². The lowest BCUT2D eigenvalue weighted by molar-refractivity contribution is 0.0785. The number of aromatic nitrogens is 6. The van der Waals surface area contributed by atoms with Crippen LogP contribution in [-0.2, 0) is 13.5 Å². The predicted octanol–water partition coefficient (Wildman–Crippen LogP) is 1.68. The fourth-order valence-corrected chi connectivity index (χ4v) is 3.48. The SMILES string of the molecule is Cc1ncncc1C(=O)N1CC[C@@H](Cc2cncc(-c3nccn3C)n2)C1. The van der Waals surface area contributed by atoms with Gasteiger partial charge >= 0.3 is 0 Å². The zero-order chi connectivity index (χ0) is 18.8. The summed E-state index contributed by atoms with van der Waals surface area (Å²) in [6, 6.07) is 0. The second-order valence-corrected chi connectivity index (χ2v) is 6.89. The van der Waals surface area contributed by atoms with Gasteiger partial charge in [0.25, 0.3) is 5.91 Å². The fraction of sp³-hybridized carbons (Fsp3) is 0.368. The van der Waals surface area contributed by atoms with Crippen molar-refractivity contribution in [2.45, 2.75) is 19.8 Å². The molecule has 1 aliphatic rings. The maximum absolute atomic E-state index is 12.7. The number of aryl methyl sites for hydroxylation is 2. The smallest absolute Gasteiger partial charge is 0.257 e. The van der Waals surface area contributed by atoms with Gasteiger partial charge < -0.3 is 9.47 Å². The lowest BCUT2D eigenvalue weighted by Crippen LogP contribution is -2.29. The molecule has 27 heavy (non-hydrogen) atoms. The van der Waals surface area contributed by atoms with E-state index in [2.05, 4.69) is 19.9 Å². The van der Waals surface area contributed by atoms with Crippen LogP contribution in [0.1, 0.15) is 28.2 Å². The second-order valence-electron chi connectivity index (χ2n) is 6.89. The Bertz CT molecular complexity index is 968. The zero-order valence-corrected chi connectivity index (χ0v) is 15.4. The number of rotatable bonds is 4. The van der Waals surface area contributed by atoms with Crippen molar-refractivity contribution >= 4 is 5.91 Å². The largest absolute Gasteiger partial charge is 0.338 e. The summed E-state index contributed by atoms with van der Waals surface area (Å²) >= 11 is 0. The maximum Gasteiger partial charge on any atom is 0.257 e. The Balaban J connectivity index is 1.44. The molecule has 8 heteroatoms. The van der Waals surface area contributed by atoms with E-state index in [1.54, 1.807) is 24.8 Å². The third-order valence-electron chi connectivity index (χ3n) is 4.95.